The summed E-state index contributed by atoms with van der Waals surface area (Å²) in [5.41, 5.74) is 1.27. The lowest BCUT2D eigenvalue weighted by Crippen LogP contribution is -2.01. The number of nitrogens with one attached hydrogen (secondary N) is 1. The van der Waals surface area contributed by atoms with E-state index in [1.54, 1.807) is 18.2 Å². The van der Waals surface area contributed by atoms with Crippen LogP contribution in [0.4, 0.5) is 10.1 Å². The Hall–Kier alpha value is -2.69. The van der Waals surface area contributed by atoms with E-state index in [1.165, 1.54) is 6.07 Å². The Morgan fingerprint density at radius 2 is 1.70 bits per heavy atom. The molecule has 0 fully saturated rings. The minimum Gasteiger partial charge on any atom is -0.419 e. The first-order valence-corrected chi connectivity index (χ1v) is 6.19. The second-order valence-electron chi connectivity index (χ2n) is 4.20. The van der Waals surface area contributed by atoms with Crippen LogP contribution in [0.15, 0.2) is 59.0 Å². The van der Waals surface area contributed by atoms with Crippen LogP contribution in [0.2, 0.25) is 0 Å². The molecule has 0 unspecified atom stereocenters. The van der Waals surface area contributed by atoms with Crippen LogP contribution in [0.3, 0.4) is 0 Å². The number of hydrogen-bond acceptors (Lipinski definition) is 4. The molecule has 20 heavy (non-hydrogen) atoms. The molecule has 100 valence electrons. The van der Waals surface area contributed by atoms with Gasteiger partial charge in [-0.05, 0) is 24.3 Å². The lowest BCUT2D eigenvalue weighted by molar-refractivity contribution is 0.514. The number of hydrogen-bond donors (Lipinski definition) is 1. The van der Waals surface area contributed by atoms with Gasteiger partial charge in [-0.2, -0.15) is 0 Å². The molecule has 1 N–H and O–H groups in total. The summed E-state index contributed by atoms with van der Waals surface area (Å²) in [6, 6.07) is 15.9. The van der Waals surface area contributed by atoms with Crippen molar-refractivity contribution in [2.45, 2.75) is 6.54 Å². The van der Waals surface area contributed by atoms with Gasteiger partial charge in [0.15, 0.2) is 0 Å². The lowest BCUT2D eigenvalue weighted by atomic mass is 10.2. The third-order valence-corrected chi connectivity index (χ3v) is 2.79. The van der Waals surface area contributed by atoms with Gasteiger partial charge in [-0.15, -0.1) is 10.2 Å². The Labute approximate surface area is 115 Å². The number of halogens is 1. The number of rotatable bonds is 4. The van der Waals surface area contributed by atoms with Crippen LogP contribution in [-0.2, 0) is 6.54 Å². The van der Waals surface area contributed by atoms with Gasteiger partial charge in [-0.25, -0.2) is 4.39 Å². The molecule has 0 atom stereocenters. The van der Waals surface area contributed by atoms with E-state index in [9.17, 15) is 4.39 Å². The second-order valence-corrected chi connectivity index (χ2v) is 4.20. The van der Waals surface area contributed by atoms with E-state index >= 15 is 0 Å². The topological polar surface area (TPSA) is 51.0 Å². The molecule has 0 aliphatic heterocycles. The highest BCUT2D eigenvalue weighted by molar-refractivity contribution is 5.51. The van der Waals surface area contributed by atoms with Gasteiger partial charge in [0.25, 0.3) is 0 Å². The summed E-state index contributed by atoms with van der Waals surface area (Å²) in [6.45, 7) is 0.279. The van der Waals surface area contributed by atoms with E-state index in [4.69, 9.17) is 4.42 Å². The van der Waals surface area contributed by atoms with Crippen LogP contribution in [0.5, 0.6) is 0 Å². The number of aromatic nitrogens is 2. The van der Waals surface area contributed by atoms with E-state index in [1.807, 2.05) is 30.3 Å². The van der Waals surface area contributed by atoms with Gasteiger partial charge in [0.2, 0.25) is 11.8 Å². The van der Waals surface area contributed by atoms with E-state index in [0.29, 0.717) is 17.5 Å². The fourth-order valence-electron chi connectivity index (χ4n) is 1.80. The maximum atomic E-state index is 13.4. The van der Waals surface area contributed by atoms with Crippen molar-refractivity contribution in [3.63, 3.8) is 0 Å². The molecule has 0 saturated heterocycles. The van der Waals surface area contributed by atoms with Gasteiger partial charge < -0.3 is 9.73 Å². The van der Waals surface area contributed by atoms with Crippen molar-refractivity contribution in [3.8, 4) is 11.5 Å². The van der Waals surface area contributed by atoms with E-state index in [-0.39, 0.29) is 12.4 Å². The lowest BCUT2D eigenvalue weighted by Gasteiger charge is -2.03. The molecule has 0 radical (unpaired) electrons. The minimum atomic E-state index is -0.310. The van der Waals surface area contributed by atoms with Gasteiger partial charge in [-0.3, -0.25) is 0 Å². The highest BCUT2D eigenvalue weighted by atomic mass is 19.1. The van der Waals surface area contributed by atoms with E-state index in [0.717, 1.165) is 5.56 Å². The molecule has 3 aromatic rings. The van der Waals surface area contributed by atoms with Crippen molar-refractivity contribution in [1.29, 1.82) is 0 Å². The van der Waals surface area contributed by atoms with Crippen LogP contribution in [0.1, 0.15) is 5.89 Å². The first-order chi connectivity index (χ1) is 9.83. The summed E-state index contributed by atoms with van der Waals surface area (Å²) in [5.74, 6) is 0.554. The fraction of sp³-hybridized carbons (Fsp3) is 0.0667. The Morgan fingerprint density at radius 3 is 2.50 bits per heavy atom. The van der Waals surface area contributed by atoms with Gasteiger partial charge >= 0.3 is 0 Å². The Bertz CT molecular complexity index is 697. The molecule has 1 heterocycles. The first-order valence-electron chi connectivity index (χ1n) is 6.19. The molecule has 0 spiro atoms. The maximum absolute atomic E-state index is 13.4. The zero-order valence-electron chi connectivity index (χ0n) is 10.6. The number of anilines is 1. The summed E-state index contributed by atoms with van der Waals surface area (Å²) >= 11 is 0. The third kappa shape index (κ3) is 2.66. The quantitative estimate of drug-likeness (QED) is 0.787. The molecule has 0 aliphatic rings. The fourth-order valence-corrected chi connectivity index (χ4v) is 1.80. The molecule has 3 rings (SSSR count). The van der Waals surface area contributed by atoms with Crippen LogP contribution in [0.25, 0.3) is 11.5 Å². The Morgan fingerprint density at radius 1 is 0.950 bits per heavy atom. The summed E-state index contributed by atoms with van der Waals surface area (Å²) in [4.78, 5) is 0. The normalized spacial score (nSPS) is 10.4. The first kappa shape index (κ1) is 12.3. The maximum Gasteiger partial charge on any atom is 0.247 e. The van der Waals surface area contributed by atoms with Crippen LogP contribution in [0, 0.1) is 5.82 Å². The molecule has 0 saturated carbocycles. The van der Waals surface area contributed by atoms with Crippen molar-refractivity contribution >= 4 is 5.69 Å². The van der Waals surface area contributed by atoms with Crippen molar-refractivity contribution in [2.24, 2.45) is 0 Å². The second kappa shape index (κ2) is 5.52. The Kier molecular flexibility index (Phi) is 3.41. The van der Waals surface area contributed by atoms with E-state index in [2.05, 4.69) is 15.5 Å². The molecule has 4 nitrogen and oxygen atoms in total. The molecule has 5 heteroatoms. The molecule has 2 aromatic carbocycles. The van der Waals surface area contributed by atoms with E-state index < -0.39 is 0 Å². The molecular weight excluding hydrogens is 257 g/mol. The number of nitrogens with zero attached hydrogens (tertiary/aromatic N) is 2. The highest BCUT2D eigenvalue weighted by Crippen LogP contribution is 2.18. The predicted octanol–water partition coefficient (Wildman–Crippen LogP) is 3.49. The largest absolute Gasteiger partial charge is 0.419 e. The smallest absolute Gasteiger partial charge is 0.247 e. The van der Waals surface area contributed by atoms with Crippen LogP contribution < -0.4 is 5.32 Å². The number of benzene rings is 2. The summed E-state index contributed by atoms with van der Waals surface area (Å²) < 4.78 is 19.0. The SMILES string of the molecule is Fc1ccccc1NCc1nnc(-c2ccccc2)o1. The van der Waals surface area contributed by atoms with Crippen molar-refractivity contribution in [1.82, 2.24) is 10.2 Å². The monoisotopic (exact) mass is 269 g/mol. The van der Waals surface area contributed by atoms with Gasteiger partial charge in [0.05, 0.1) is 12.2 Å². The predicted molar refractivity (Wildman–Crippen MR) is 73.5 cm³/mol. The van der Waals surface area contributed by atoms with Gasteiger partial charge in [0, 0.05) is 5.56 Å². The highest BCUT2D eigenvalue weighted by Gasteiger charge is 2.08. The third-order valence-electron chi connectivity index (χ3n) is 2.79. The molecule has 0 bridgehead atoms. The summed E-state index contributed by atoms with van der Waals surface area (Å²) in [5, 5.41) is 10.8. The molecule has 0 aliphatic carbocycles. The molecule has 0 amide bonds. The minimum absolute atomic E-state index is 0.279. The molecule has 1 aromatic heterocycles. The molecular formula is C15H12FN3O. The van der Waals surface area contributed by atoms with Gasteiger partial charge in [0.1, 0.15) is 5.82 Å². The average molecular weight is 269 g/mol. The van der Waals surface area contributed by atoms with Crippen molar-refractivity contribution in [2.75, 3.05) is 5.32 Å². The zero-order chi connectivity index (χ0) is 13.8. The van der Waals surface area contributed by atoms with Gasteiger partial charge in [-0.1, -0.05) is 30.3 Å². The standard InChI is InChI=1S/C15H12FN3O/c16-12-8-4-5-9-13(12)17-10-14-18-19-15(20-14)11-6-2-1-3-7-11/h1-9,17H,10H2. The number of para-hydroxylation sites is 1. The summed E-state index contributed by atoms with van der Waals surface area (Å²) in [6.07, 6.45) is 0. The van der Waals surface area contributed by atoms with Crippen molar-refractivity contribution < 1.29 is 8.81 Å². The average Bonchev–Trinajstić information content (AvgIpc) is 2.96. The zero-order valence-corrected chi connectivity index (χ0v) is 10.6. The van der Waals surface area contributed by atoms with Crippen LogP contribution in [-0.4, -0.2) is 10.2 Å². The summed E-state index contributed by atoms with van der Waals surface area (Å²) in [7, 11) is 0. The van der Waals surface area contributed by atoms with Crippen molar-refractivity contribution in [3.05, 3.63) is 66.3 Å². The van der Waals surface area contributed by atoms with Crippen LogP contribution >= 0.6 is 0 Å². The Balaban J connectivity index is 1.71.